The second-order valence-corrected chi connectivity index (χ2v) is 6.87. The van der Waals surface area contributed by atoms with Gasteiger partial charge in [0.1, 0.15) is 5.82 Å². The first-order valence-electron chi connectivity index (χ1n) is 8.34. The molecule has 0 aliphatic carbocycles. The maximum atomic E-state index is 13.4. The predicted octanol–water partition coefficient (Wildman–Crippen LogP) is 2.90. The number of halogens is 1. The molecule has 1 aromatic heterocycles. The van der Waals surface area contributed by atoms with Crippen LogP contribution >= 0.6 is 11.3 Å². The van der Waals surface area contributed by atoms with Crippen LogP contribution in [0.3, 0.4) is 0 Å². The Labute approximate surface area is 145 Å². The van der Waals surface area contributed by atoms with Crippen LogP contribution in [0.1, 0.15) is 19.8 Å². The van der Waals surface area contributed by atoms with Crippen LogP contribution in [-0.2, 0) is 9.53 Å². The molecule has 0 atom stereocenters. The number of morpholine rings is 1. The first-order chi connectivity index (χ1) is 11.7. The molecule has 1 aromatic carbocycles. The molecule has 0 saturated carbocycles. The molecule has 0 unspecified atom stereocenters. The molecule has 1 aliphatic heterocycles. The number of aromatic nitrogens is 1. The summed E-state index contributed by atoms with van der Waals surface area (Å²) in [6, 6.07) is 4.54. The van der Waals surface area contributed by atoms with Crippen LogP contribution < -0.4 is 4.90 Å². The Balaban J connectivity index is 1.78. The van der Waals surface area contributed by atoms with Crippen LogP contribution in [0.5, 0.6) is 0 Å². The van der Waals surface area contributed by atoms with E-state index < -0.39 is 0 Å². The average molecular weight is 351 g/mol. The molecule has 2 heterocycles. The number of hydrogen-bond donors (Lipinski definition) is 0. The lowest BCUT2D eigenvalue weighted by Gasteiger charge is -2.29. The van der Waals surface area contributed by atoms with E-state index in [2.05, 4.69) is 9.88 Å². The van der Waals surface area contributed by atoms with Gasteiger partial charge in [-0.25, -0.2) is 9.37 Å². The molecule has 130 valence electrons. The molecule has 0 N–H and O–H groups in total. The third-order valence-corrected chi connectivity index (χ3v) is 5.12. The number of ether oxygens (including phenoxy) is 1. The number of thiazole rings is 1. The summed E-state index contributed by atoms with van der Waals surface area (Å²) in [5.41, 5.74) is 0.733. The molecule has 7 heteroatoms. The van der Waals surface area contributed by atoms with E-state index in [1.54, 1.807) is 11.0 Å². The zero-order valence-corrected chi connectivity index (χ0v) is 14.6. The molecule has 1 aliphatic rings. The van der Waals surface area contributed by atoms with Crippen LogP contribution in [0.25, 0.3) is 10.2 Å². The highest BCUT2D eigenvalue weighted by Crippen LogP contribution is 2.29. The minimum absolute atomic E-state index is 0.0743. The van der Waals surface area contributed by atoms with E-state index in [9.17, 15) is 9.18 Å². The van der Waals surface area contributed by atoms with Crippen molar-refractivity contribution in [1.29, 1.82) is 0 Å². The molecule has 24 heavy (non-hydrogen) atoms. The lowest BCUT2D eigenvalue weighted by atomic mass is 10.3. The zero-order valence-electron chi connectivity index (χ0n) is 13.8. The number of hydrogen-bond acceptors (Lipinski definition) is 5. The van der Waals surface area contributed by atoms with E-state index in [0.29, 0.717) is 18.1 Å². The Bertz CT molecular complexity index is 700. The normalized spacial score (nSPS) is 15.8. The summed E-state index contributed by atoms with van der Waals surface area (Å²) in [4.78, 5) is 21.1. The van der Waals surface area contributed by atoms with Gasteiger partial charge in [-0.15, -0.1) is 0 Å². The molecular formula is C17H22FN3O2S. The first kappa shape index (κ1) is 17.3. The van der Waals surface area contributed by atoms with E-state index in [1.807, 2.05) is 6.92 Å². The highest BCUT2D eigenvalue weighted by molar-refractivity contribution is 7.22. The molecule has 1 fully saturated rings. The van der Waals surface area contributed by atoms with E-state index in [-0.39, 0.29) is 11.7 Å². The summed E-state index contributed by atoms with van der Waals surface area (Å²) >= 11 is 1.37. The molecule has 0 bridgehead atoms. The molecule has 1 saturated heterocycles. The average Bonchev–Trinajstić information content (AvgIpc) is 2.99. The van der Waals surface area contributed by atoms with E-state index in [0.717, 1.165) is 49.5 Å². The number of rotatable bonds is 6. The molecule has 5 nitrogen and oxygen atoms in total. The van der Waals surface area contributed by atoms with Gasteiger partial charge >= 0.3 is 0 Å². The number of anilines is 1. The zero-order chi connectivity index (χ0) is 16.9. The number of nitrogens with zero attached hydrogens (tertiary/aromatic N) is 3. The van der Waals surface area contributed by atoms with Crippen molar-refractivity contribution in [2.75, 3.05) is 44.3 Å². The van der Waals surface area contributed by atoms with Crippen LogP contribution in [0.4, 0.5) is 9.52 Å². The van der Waals surface area contributed by atoms with Crippen molar-refractivity contribution < 1.29 is 13.9 Å². The van der Waals surface area contributed by atoms with Crippen LogP contribution in [0.2, 0.25) is 0 Å². The summed E-state index contributed by atoms with van der Waals surface area (Å²) in [6.45, 7) is 6.64. The second kappa shape index (κ2) is 8.00. The summed E-state index contributed by atoms with van der Waals surface area (Å²) < 4.78 is 19.5. The highest BCUT2D eigenvalue weighted by Gasteiger charge is 2.21. The van der Waals surface area contributed by atoms with Gasteiger partial charge in [-0.2, -0.15) is 0 Å². The second-order valence-electron chi connectivity index (χ2n) is 5.86. The quantitative estimate of drug-likeness (QED) is 0.803. The number of fused-ring (bicyclic) bond motifs is 1. The van der Waals surface area contributed by atoms with Crippen LogP contribution in [0.15, 0.2) is 18.2 Å². The maximum Gasteiger partial charge on any atom is 0.228 e. The monoisotopic (exact) mass is 351 g/mol. The number of amides is 1. The summed E-state index contributed by atoms with van der Waals surface area (Å²) in [6.07, 6.45) is 1.29. The van der Waals surface area contributed by atoms with Crippen LogP contribution in [0, 0.1) is 5.82 Å². The van der Waals surface area contributed by atoms with Gasteiger partial charge in [0.05, 0.1) is 23.4 Å². The summed E-state index contributed by atoms with van der Waals surface area (Å²) in [5.74, 6) is -0.206. The van der Waals surface area contributed by atoms with Crippen molar-refractivity contribution >= 4 is 32.6 Å². The molecule has 0 radical (unpaired) electrons. The first-order valence-corrected chi connectivity index (χ1v) is 9.15. The molecule has 1 amide bonds. The van der Waals surface area contributed by atoms with Crippen molar-refractivity contribution in [3.8, 4) is 0 Å². The number of carbonyl (C=O) groups excluding carboxylic acids is 1. The van der Waals surface area contributed by atoms with Gasteiger partial charge in [0, 0.05) is 32.6 Å². The Hall–Kier alpha value is -1.57. The van der Waals surface area contributed by atoms with Crippen molar-refractivity contribution in [2.45, 2.75) is 19.8 Å². The lowest BCUT2D eigenvalue weighted by molar-refractivity contribution is -0.118. The number of carbonyl (C=O) groups is 1. The van der Waals surface area contributed by atoms with Gasteiger partial charge < -0.3 is 4.74 Å². The van der Waals surface area contributed by atoms with Gasteiger partial charge in [0.2, 0.25) is 5.91 Å². The SMILES string of the molecule is CCCC(=O)N(CCN1CCOCC1)c1nc2ccc(F)cc2s1. The largest absolute Gasteiger partial charge is 0.379 e. The fourth-order valence-corrected chi connectivity index (χ4v) is 3.78. The van der Waals surface area contributed by atoms with E-state index >= 15 is 0 Å². The molecule has 2 aromatic rings. The minimum atomic E-state index is -0.280. The smallest absolute Gasteiger partial charge is 0.228 e. The Morgan fingerprint density at radius 3 is 2.96 bits per heavy atom. The fraction of sp³-hybridized carbons (Fsp3) is 0.529. The van der Waals surface area contributed by atoms with Crippen molar-refractivity contribution in [1.82, 2.24) is 9.88 Å². The Morgan fingerprint density at radius 2 is 2.21 bits per heavy atom. The van der Waals surface area contributed by atoms with Gasteiger partial charge in [-0.3, -0.25) is 14.6 Å². The third kappa shape index (κ3) is 4.09. The van der Waals surface area contributed by atoms with E-state index in [1.165, 1.54) is 23.5 Å². The molecule has 3 rings (SSSR count). The minimum Gasteiger partial charge on any atom is -0.379 e. The van der Waals surface area contributed by atoms with Gasteiger partial charge in [-0.05, 0) is 24.6 Å². The van der Waals surface area contributed by atoms with Crippen molar-refractivity contribution in [2.24, 2.45) is 0 Å². The van der Waals surface area contributed by atoms with Gasteiger partial charge in [-0.1, -0.05) is 18.3 Å². The van der Waals surface area contributed by atoms with Crippen molar-refractivity contribution in [3.63, 3.8) is 0 Å². The lowest BCUT2D eigenvalue weighted by Crippen LogP contribution is -2.43. The van der Waals surface area contributed by atoms with Gasteiger partial charge in [0.25, 0.3) is 0 Å². The molecule has 0 spiro atoms. The Morgan fingerprint density at radius 1 is 1.42 bits per heavy atom. The van der Waals surface area contributed by atoms with Crippen molar-refractivity contribution in [3.05, 3.63) is 24.0 Å². The fourth-order valence-electron chi connectivity index (χ4n) is 2.74. The third-order valence-electron chi connectivity index (χ3n) is 4.08. The molecular weight excluding hydrogens is 329 g/mol. The van der Waals surface area contributed by atoms with Gasteiger partial charge in [0.15, 0.2) is 5.13 Å². The van der Waals surface area contributed by atoms with Crippen LogP contribution in [-0.4, -0.2) is 55.2 Å². The number of benzene rings is 1. The Kier molecular flexibility index (Phi) is 5.76. The standard InChI is InChI=1S/C17H22FN3O2S/c1-2-3-16(22)21(7-6-20-8-10-23-11-9-20)17-19-14-5-4-13(18)12-15(14)24-17/h4-5,12H,2-3,6-11H2,1H3. The highest BCUT2D eigenvalue weighted by atomic mass is 32.1. The maximum absolute atomic E-state index is 13.4. The topological polar surface area (TPSA) is 45.7 Å². The summed E-state index contributed by atoms with van der Waals surface area (Å²) in [7, 11) is 0. The summed E-state index contributed by atoms with van der Waals surface area (Å²) in [5, 5.41) is 0.655. The van der Waals surface area contributed by atoms with E-state index in [4.69, 9.17) is 4.74 Å². The predicted molar refractivity (Wildman–Crippen MR) is 94.1 cm³/mol.